The van der Waals surface area contributed by atoms with Crippen molar-refractivity contribution in [3.05, 3.63) is 71.0 Å². The van der Waals surface area contributed by atoms with E-state index in [9.17, 15) is 0 Å². The van der Waals surface area contributed by atoms with Crippen LogP contribution in [0.5, 0.6) is 5.75 Å². The number of nitrogens with zero attached hydrogens (tertiary/aromatic N) is 2. The fourth-order valence-electron chi connectivity index (χ4n) is 3.83. The lowest BCUT2D eigenvalue weighted by molar-refractivity contribution is 0.203. The van der Waals surface area contributed by atoms with Crippen LogP contribution in [0.25, 0.3) is 11.4 Å². The number of imidazole rings is 1. The van der Waals surface area contributed by atoms with E-state index in [1.807, 2.05) is 24.4 Å². The lowest BCUT2D eigenvalue weighted by atomic mass is 9.89. The van der Waals surface area contributed by atoms with Crippen LogP contribution in [0.1, 0.15) is 30.0 Å². The molecular weight excluding hydrogens is 358 g/mol. The molecule has 4 nitrogen and oxygen atoms in total. The van der Waals surface area contributed by atoms with E-state index in [4.69, 9.17) is 16.3 Å². The highest BCUT2D eigenvalue weighted by atomic mass is 35.5. The van der Waals surface area contributed by atoms with Gasteiger partial charge < -0.3 is 9.72 Å². The van der Waals surface area contributed by atoms with Crippen LogP contribution in [0.3, 0.4) is 0 Å². The predicted molar refractivity (Wildman–Crippen MR) is 109 cm³/mol. The van der Waals surface area contributed by atoms with Crippen LogP contribution in [0.2, 0.25) is 5.02 Å². The van der Waals surface area contributed by atoms with Crippen LogP contribution in [0.4, 0.5) is 0 Å². The number of benzene rings is 2. The third-order valence-corrected chi connectivity index (χ3v) is 5.53. The molecule has 1 saturated heterocycles. The largest absolute Gasteiger partial charge is 0.496 e. The fraction of sp³-hybridized carbons (Fsp3) is 0.318. The van der Waals surface area contributed by atoms with Crippen molar-refractivity contribution >= 4 is 11.6 Å². The number of nitrogens with one attached hydrogen (secondary N) is 1. The molecule has 1 N–H and O–H groups in total. The average Bonchev–Trinajstić information content (AvgIpc) is 3.17. The van der Waals surface area contributed by atoms with Crippen molar-refractivity contribution in [1.29, 1.82) is 0 Å². The molecule has 0 spiro atoms. The highest BCUT2D eigenvalue weighted by molar-refractivity contribution is 6.30. The topological polar surface area (TPSA) is 41.1 Å². The summed E-state index contributed by atoms with van der Waals surface area (Å²) in [6.07, 6.45) is 4.32. The molecule has 0 aliphatic carbocycles. The second-order valence-electron chi connectivity index (χ2n) is 7.06. The summed E-state index contributed by atoms with van der Waals surface area (Å²) in [5, 5.41) is 0.673. The van der Waals surface area contributed by atoms with Gasteiger partial charge in [0.1, 0.15) is 11.6 Å². The summed E-state index contributed by atoms with van der Waals surface area (Å²) < 4.78 is 5.44. The lowest BCUT2D eigenvalue weighted by Gasteiger charge is -2.31. The molecule has 0 saturated carbocycles. The first kappa shape index (κ1) is 18.1. The maximum atomic E-state index is 6.14. The van der Waals surface area contributed by atoms with E-state index in [0.29, 0.717) is 10.9 Å². The number of halogens is 1. The van der Waals surface area contributed by atoms with Crippen LogP contribution >= 0.6 is 11.6 Å². The van der Waals surface area contributed by atoms with Gasteiger partial charge in [-0.2, -0.15) is 0 Å². The molecule has 0 bridgehead atoms. The Morgan fingerprint density at radius 2 is 1.93 bits per heavy atom. The zero-order valence-corrected chi connectivity index (χ0v) is 16.2. The molecule has 2 heterocycles. The maximum absolute atomic E-state index is 6.14. The monoisotopic (exact) mass is 381 g/mol. The quantitative estimate of drug-likeness (QED) is 0.667. The molecule has 1 aliphatic heterocycles. The normalized spacial score (nSPS) is 15.8. The number of aromatic nitrogens is 2. The Kier molecular flexibility index (Phi) is 5.46. The van der Waals surface area contributed by atoms with Crippen molar-refractivity contribution < 1.29 is 4.74 Å². The molecule has 3 aromatic rings. The Morgan fingerprint density at radius 3 is 2.67 bits per heavy atom. The molecule has 0 atom stereocenters. The summed E-state index contributed by atoms with van der Waals surface area (Å²) in [6.45, 7) is 3.10. The van der Waals surface area contributed by atoms with E-state index in [2.05, 4.69) is 45.2 Å². The number of likely N-dealkylation sites (tertiary alicyclic amines) is 1. The standard InChI is InChI=1S/C22H24ClN3O/c1-27-21-8-7-18(23)13-20(21)22-24-14-19(25-22)15-26-11-9-17(10-12-26)16-5-3-2-4-6-16/h2-8,13-14,17H,9-12,15H2,1H3,(H,24,25). The van der Waals surface area contributed by atoms with E-state index in [0.717, 1.165) is 42.5 Å². The van der Waals surface area contributed by atoms with Crippen LogP contribution in [-0.4, -0.2) is 35.1 Å². The number of rotatable bonds is 5. The number of piperidine rings is 1. The van der Waals surface area contributed by atoms with Crippen molar-refractivity contribution in [2.45, 2.75) is 25.3 Å². The van der Waals surface area contributed by atoms with Gasteiger partial charge in [-0.3, -0.25) is 4.90 Å². The highest BCUT2D eigenvalue weighted by Gasteiger charge is 2.21. The molecule has 1 aromatic heterocycles. The zero-order chi connectivity index (χ0) is 18.6. The van der Waals surface area contributed by atoms with Gasteiger partial charge in [0.25, 0.3) is 0 Å². The summed E-state index contributed by atoms with van der Waals surface area (Å²) in [7, 11) is 1.66. The summed E-state index contributed by atoms with van der Waals surface area (Å²) in [6, 6.07) is 16.4. The first-order valence-corrected chi connectivity index (χ1v) is 9.76. The average molecular weight is 382 g/mol. The fourth-order valence-corrected chi connectivity index (χ4v) is 4.00. The lowest BCUT2D eigenvalue weighted by Crippen LogP contribution is -2.32. The summed E-state index contributed by atoms with van der Waals surface area (Å²) >= 11 is 6.14. The molecular formula is C22H24ClN3O. The molecule has 0 amide bonds. The second kappa shape index (κ2) is 8.15. The molecule has 5 heteroatoms. The van der Waals surface area contributed by atoms with E-state index in [1.165, 1.54) is 18.4 Å². The smallest absolute Gasteiger partial charge is 0.141 e. The van der Waals surface area contributed by atoms with Gasteiger partial charge in [0.15, 0.2) is 0 Å². The number of methoxy groups -OCH3 is 1. The SMILES string of the molecule is COc1ccc(Cl)cc1-c1ncc(CN2CCC(c3ccccc3)CC2)[nH]1. The van der Waals surface area contributed by atoms with Gasteiger partial charge in [0.05, 0.1) is 12.7 Å². The van der Waals surface area contributed by atoms with Crippen molar-refractivity contribution in [3.63, 3.8) is 0 Å². The molecule has 0 unspecified atom stereocenters. The van der Waals surface area contributed by atoms with Crippen molar-refractivity contribution in [3.8, 4) is 17.1 Å². The van der Waals surface area contributed by atoms with Gasteiger partial charge >= 0.3 is 0 Å². The summed E-state index contributed by atoms with van der Waals surface area (Å²) in [5.41, 5.74) is 3.47. The number of hydrogen-bond acceptors (Lipinski definition) is 3. The predicted octanol–water partition coefficient (Wildman–Crippen LogP) is 5.12. The Bertz CT molecular complexity index is 886. The molecule has 1 fully saturated rings. The van der Waals surface area contributed by atoms with Gasteiger partial charge in [-0.25, -0.2) is 4.98 Å². The van der Waals surface area contributed by atoms with E-state index >= 15 is 0 Å². The molecule has 0 radical (unpaired) electrons. The van der Waals surface area contributed by atoms with E-state index in [-0.39, 0.29) is 0 Å². The van der Waals surface area contributed by atoms with E-state index < -0.39 is 0 Å². The number of H-pyrrole nitrogens is 1. The highest BCUT2D eigenvalue weighted by Crippen LogP contribution is 2.31. The van der Waals surface area contributed by atoms with Crippen LogP contribution < -0.4 is 4.74 Å². The molecule has 2 aromatic carbocycles. The molecule has 4 rings (SSSR count). The maximum Gasteiger partial charge on any atom is 0.141 e. The zero-order valence-electron chi connectivity index (χ0n) is 15.5. The van der Waals surface area contributed by atoms with Crippen molar-refractivity contribution in [1.82, 2.24) is 14.9 Å². The Morgan fingerprint density at radius 1 is 1.15 bits per heavy atom. The second-order valence-corrected chi connectivity index (χ2v) is 7.50. The van der Waals surface area contributed by atoms with Gasteiger partial charge in [-0.05, 0) is 55.6 Å². The van der Waals surface area contributed by atoms with Crippen molar-refractivity contribution in [2.24, 2.45) is 0 Å². The minimum absolute atomic E-state index is 0.673. The van der Waals surface area contributed by atoms with Gasteiger partial charge in [0, 0.05) is 23.5 Å². The van der Waals surface area contributed by atoms with Crippen LogP contribution in [-0.2, 0) is 6.54 Å². The van der Waals surface area contributed by atoms with Gasteiger partial charge in [0.2, 0.25) is 0 Å². The number of hydrogen-bond donors (Lipinski definition) is 1. The minimum Gasteiger partial charge on any atom is -0.496 e. The summed E-state index contributed by atoms with van der Waals surface area (Å²) in [4.78, 5) is 10.5. The Balaban J connectivity index is 1.40. The van der Waals surface area contributed by atoms with Crippen LogP contribution in [0, 0.1) is 0 Å². The van der Waals surface area contributed by atoms with Crippen LogP contribution in [0.15, 0.2) is 54.7 Å². The molecule has 1 aliphatic rings. The number of aromatic amines is 1. The van der Waals surface area contributed by atoms with Crippen molar-refractivity contribution in [2.75, 3.05) is 20.2 Å². The number of ether oxygens (including phenoxy) is 1. The minimum atomic E-state index is 0.673. The summed E-state index contributed by atoms with van der Waals surface area (Å²) in [5.74, 6) is 2.24. The third kappa shape index (κ3) is 4.18. The van der Waals surface area contributed by atoms with Gasteiger partial charge in [-0.1, -0.05) is 41.9 Å². The first-order chi connectivity index (χ1) is 13.2. The first-order valence-electron chi connectivity index (χ1n) is 9.38. The van der Waals surface area contributed by atoms with E-state index in [1.54, 1.807) is 7.11 Å². The van der Waals surface area contributed by atoms with Gasteiger partial charge in [-0.15, -0.1) is 0 Å². The third-order valence-electron chi connectivity index (χ3n) is 5.30. The molecule has 140 valence electrons. The molecule has 27 heavy (non-hydrogen) atoms. The Hall–Kier alpha value is -2.30. The Labute approximate surface area is 165 Å².